The number of aromatic amines is 1. The second-order valence-electron chi connectivity index (χ2n) is 8.00. The van der Waals surface area contributed by atoms with Crippen molar-refractivity contribution in [3.05, 3.63) is 48.4 Å². The highest BCUT2D eigenvalue weighted by Crippen LogP contribution is 2.25. The van der Waals surface area contributed by atoms with Crippen LogP contribution in [0, 0.1) is 0 Å². The topological polar surface area (TPSA) is 102 Å². The third kappa shape index (κ3) is 4.35. The molecule has 0 aromatic carbocycles. The second kappa shape index (κ2) is 8.83. The standard InChI is InChI=1S/C22H27N9O/c1-29-10-12-31(13-11-29)22-25-20(23-19-15-17(27-28-19)18-9-6-14-32-18)24-21(26-22)30(2)16-7-4-3-5-8-16/h3-4,6-7,9,14-15H,5,8,10-13H2,1-2H3,(H2,23,24,25,26,27,28). The fourth-order valence-corrected chi connectivity index (χ4v) is 3.76. The van der Waals surface area contributed by atoms with Crippen LogP contribution in [0.2, 0.25) is 0 Å². The predicted molar refractivity (Wildman–Crippen MR) is 124 cm³/mol. The number of nitrogens with one attached hydrogen (secondary N) is 2. The van der Waals surface area contributed by atoms with Crippen LogP contribution >= 0.6 is 0 Å². The van der Waals surface area contributed by atoms with Crippen molar-refractivity contribution in [1.29, 1.82) is 0 Å². The number of rotatable bonds is 6. The molecule has 2 N–H and O–H groups in total. The Kier molecular flexibility index (Phi) is 5.59. The third-order valence-corrected chi connectivity index (χ3v) is 5.72. The lowest BCUT2D eigenvalue weighted by atomic mass is 10.1. The van der Waals surface area contributed by atoms with Crippen molar-refractivity contribution in [2.45, 2.75) is 12.8 Å². The molecule has 32 heavy (non-hydrogen) atoms. The Bertz CT molecular complexity index is 1110. The summed E-state index contributed by atoms with van der Waals surface area (Å²) in [7, 11) is 4.13. The number of likely N-dealkylation sites (N-methyl/N-ethyl adjacent to an activating group) is 1. The second-order valence-corrected chi connectivity index (χ2v) is 8.00. The van der Waals surface area contributed by atoms with E-state index in [1.165, 1.54) is 5.70 Å². The fourth-order valence-electron chi connectivity index (χ4n) is 3.76. The zero-order valence-electron chi connectivity index (χ0n) is 18.3. The monoisotopic (exact) mass is 433 g/mol. The number of H-pyrrole nitrogens is 1. The molecule has 5 rings (SSSR count). The van der Waals surface area contributed by atoms with E-state index < -0.39 is 0 Å². The molecule has 0 amide bonds. The van der Waals surface area contributed by atoms with Crippen LogP contribution in [-0.2, 0) is 0 Å². The number of aromatic nitrogens is 5. The first-order valence-electron chi connectivity index (χ1n) is 10.8. The van der Waals surface area contributed by atoms with Gasteiger partial charge in [-0.2, -0.15) is 20.1 Å². The summed E-state index contributed by atoms with van der Waals surface area (Å²) in [6.45, 7) is 3.70. The summed E-state index contributed by atoms with van der Waals surface area (Å²) in [5.74, 6) is 3.07. The summed E-state index contributed by atoms with van der Waals surface area (Å²) in [5, 5.41) is 10.5. The lowest BCUT2D eigenvalue weighted by Crippen LogP contribution is -2.45. The average Bonchev–Trinajstić information content (AvgIpc) is 3.52. The molecule has 1 aliphatic carbocycles. The Morgan fingerprint density at radius 1 is 1.16 bits per heavy atom. The van der Waals surface area contributed by atoms with E-state index in [2.05, 4.69) is 50.6 Å². The molecule has 1 fully saturated rings. The summed E-state index contributed by atoms with van der Waals surface area (Å²) in [4.78, 5) is 20.8. The zero-order chi connectivity index (χ0) is 21.9. The summed E-state index contributed by atoms with van der Waals surface area (Å²) < 4.78 is 5.44. The quantitative estimate of drug-likeness (QED) is 0.607. The van der Waals surface area contributed by atoms with Crippen LogP contribution in [0.5, 0.6) is 0 Å². The van der Waals surface area contributed by atoms with E-state index in [4.69, 9.17) is 19.4 Å². The Labute approximate surface area is 186 Å². The molecule has 0 atom stereocenters. The van der Waals surface area contributed by atoms with E-state index >= 15 is 0 Å². The minimum atomic E-state index is 0.459. The minimum absolute atomic E-state index is 0.459. The Morgan fingerprint density at radius 2 is 2.03 bits per heavy atom. The molecular formula is C22H27N9O. The van der Waals surface area contributed by atoms with E-state index in [9.17, 15) is 0 Å². The Morgan fingerprint density at radius 3 is 2.78 bits per heavy atom. The van der Waals surface area contributed by atoms with Crippen LogP contribution in [-0.4, -0.2) is 70.3 Å². The van der Waals surface area contributed by atoms with Crippen LogP contribution < -0.4 is 15.1 Å². The predicted octanol–water partition coefficient (Wildman–Crippen LogP) is 3.02. The van der Waals surface area contributed by atoms with Crippen molar-refractivity contribution in [2.75, 3.05) is 55.4 Å². The molecule has 10 nitrogen and oxygen atoms in total. The van der Waals surface area contributed by atoms with Gasteiger partial charge in [-0.25, -0.2) is 0 Å². The highest BCUT2D eigenvalue weighted by molar-refractivity contribution is 5.61. The molecule has 1 saturated heterocycles. The van der Waals surface area contributed by atoms with Crippen molar-refractivity contribution >= 4 is 23.7 Å². The van der Waals surface area contributed by atoms with Gasteiger partial charge in [0, 0.05) is 45.0 Å². The lowest BCUT2D eigenvalue weighted by molar-refractivity contribution is 0.311. The molecule has 2 aliphatic rings. The van der Waals surface area contributed by atoms with Crippen LogP contribution in [0.4, 0.5) is 23.7 Å². The van der Waals surface area contributed by atoms with Gasteiger partial charge in [0.2, 0.25) is 17.8 Å². The SMILES string of the molecule is CN1CCN(c2nc(Nc3cc(-c4ccco4)[nH]n3)nc(N(C)C3=CC=CCC3)n2)CC1. The van der Waals surface area contributed by atoms with Crippen LogP contribution in [0.3, 0.4) is 0 Å². The molecule has 0 spiro atoms. The molecule has 0 radical (unpaired) electrons. The lowest BCUT2D eigenvalue weighted by Gasteiger charge is -2.33. The fraction of sp³-hybridized carbons (Fsp3) is 0.364. The molecule has 166 valence electrons. The van der Waals surface area contributed by atoms with Crippen molar-refractivity contribution < 1.29 is 4.42 Å². The van der Waals surface area contributed by atoms with Crippen molar-refractivity contribution in [2.24, 2.45) is 0 Å². The van der Waals surface area contributed by atoms with Gasteiger partial charge in [0.15, 0.2) is 11.6 Å². The Balaban J connectivity index is 1.44. The van der Waals surface area contributed by atoms with Crippen LogP contribution in [0.1, 0.15) is 12.8 Å². The maximum Gasteiger partial charge on any atom is 0.236 e. The molecule has 10 heteroatoms. The van der Waals surface area contributed by atoms with Gasteiger partial charge in [-0.3, -0.25) is 5.10 Å². The highest BCUT2D eigenvalue weighted by atomic mass is 16.3. The number of piperazine rings is 1. The van der Waals surface area contributed by atoms with Gasteiger partial charge in [-0.15, -0.1) is 0 Å². The van der Waals surface area contributed by atoms with Gasteiger partial charge in [0.1, 0.15) is 5.69 Å². The van der Waals surface area contributed by atoms with E-state index in [0.29, 0.717) is 23.7 Å². The van der Waals surface area contributed by atoms with Gasteiger partial charge >= 0.3 is 0 Å². The summed E-state index contributed by atoms with van der Waals surface area (Å²) in [6, 6.07) is 5.59. The Hall–Kier alpha value is -3.66. The third-order valence-electron chi connectivity index (χ3n) is 5.72. The molecule has 1 aliphatic heterocycles. The zero-order valence-corrected chi connectivity index (χ0v) is 18.3. The van der Waals surface area contributed by atoms with Gasteiger partial charge in [-0.05, 0) is 38.1 Å². The molecule has 0 saturated carbocycles. The minimum Gasteiger partial charge on any atom is -0.463 e. The van der Waals surface area contributed by atoms with Crippen LogP contribution in [0.25, 0.3) is 11.5 Å². The van der Waals surface area contributed by atoms with E-state index in [0.717, 1.165) is 50.5 Å². The van der Waals surface area contributed by atoms with E-state index in [1.54, 1.807) is 6.26 Å². The largest absolute Gasteiger partial charge is 0.463 e. The first kappa shape index (κ1) is 20.3. The highest BCUT2D eigenvalue weighted by Gasteiger charge is 2.21. The average molecular weight is 434 g/mol. The molecule has 0 unspecified atom stereocenters. The number of hydrogen-bond donors (Lipinski definition) is 2. The van der Waals surface area contributed by atoms with E-state index in [1.807, 2.05) is 30.1 Å². The van der Waals surface area contributed by atoms with Crippen molar-refractivity contribution in [3.8, 4) is 11.5 Å². The first-order chi connectivity index (χ1) is 15.7. The van der Waals surface area contributed by atoms with Gasteiger partial charge in [-0.1, -0.05) is 12.2 Å². The van der Waals surface area contributed by atoms with Crippen LogP contribution in [0.15, 0.2) is 52.8 Å². The number of allylic oxidation sites excluding steroid dienone is 4. The molecule has 0 bridgehead atoms. The van der Waals surface area contributed by atoms with Crippen molar-refractivity contribution in [1.82, 2.24) is 30.0 Å². The van der Waals surface area contributed by atoms with Gasteiger partial charge < -0.3 is 24.4 Å². The number of nitrogens with zero attached hydrogens (tertiary/aromatic N) is 7. The number of anilines is 4. The molecule has 4 heterocycles. The summed E-state index contributed by atoms with van der Waals surface area (Å²) in [5.41, 5.74) is 1.95. The number of hydrogen-bond acceptors (Lipinski definition) is 9. The summed E-state index contributed by atoms with van der Waals surface area (Å²) in [6.07, 6.45) is 9.96. The molecule has 3 aromatic rings. The molecule has 3 aromatic heterocycles. The maximum atomic E-state index is 5.44. The van der Waals surface area contributed by atoms with Gasteiger partial charge in [0.05, 0.1) is 6.26 Å². The maximum absolute atomic E-state index is 5.44. The number of furan rings is 1. The normalized spacial score (nSPS) is 16.8. The smallest absolute Gasteiger partial charge is 0.236 e. The first-order valence-corrected chi connectivity index (χ1v) is 10.8. The molecular weight excluding hydrogens is 406 g/mol. The van der Waals surface area contributed by atoms with Crippen molar-refractivity contribution in [3.63, 3.8) is 0 Å². The van der Waals surface area contributed by atoms with E-state index in [-0.39, 0.29) is 0 Å². The van der Waals surface area contributed by atoms with Gasteiger partial charge in [0.25, 0.3) is 0 Å². The summed E-state index contributed by atoms with van der Waals surface area (Å²) >= 11 is 0.